The fourth-order valence-corrected chi connectivity index (χ4v) is 13.6. The van der Waals surface area contributed by atoms with Crippen molar-refractivity contribution in [2.45, 2.75) is 27.7 Å². The van der Waals surface area contributed by atoms with Gasteiger partial charge in [-0.05, 0) is 64.8 Å². The summed E-state index contributed by atoms with van der Waals surface area (Å²) in [4.78, 5) is 5.71. The van der Waals surface area contributed by atoms with Gasteiger partial charge >= 0.3 is 34.5 Å². The molecule has 220 valence electrons. The maximum absolute atomic E-state index is 4.85. The Kier molecular flexibility index (Phi) is 11.8. The molecule has 0 N–H and O–H groups in total. The van der Waals surface area contributed by atoms with E-state index in [0.29, 0.717) is 0 Å². The number of halogens is 2. The molecule has 0 radical (unpaired) electrons. The Bertz CT molecular complexity index is 1550. The molecule has 0 bridgehead atoms. The van der Waals surface area contributed by atoms with Gasteiger partial charge in [0, 0.05) is 41.2 Å². The van der Waals surface area contributed by atoms with Crippen LogP contribution in [0, 0.1) is 27.7 Å². The second-order valence-electron chi connectivity index (χ2n) is 9.94. The molecule has 0 saturated heterocycles. The first-order valence-electron chi connectivity index (χ1n) is 13.8. The molecular weight excluding hydrogens is 730 g/mol. The van der Waals surface area contributed by atoms with E-state index in [1.54, 1.807) is 0 Å². The molecule has 0 aliphatic rings. The number of aryl methyl sites for hydroxylation is 4. The normalized spacial score (nSPS) is 11.2. The van der Waals surface area contributed by atoms with Crippen molar-refractivity contribution in [2.75, 3.05) is 0 Å². The molecule has 0 unspecified atom stereocenters. The van der Waals surface area contributed by atoms with E-state index in [2.05, 4.69) is 149 Å². The van der Waals surface area contributed by atoms with Gasteiger partial charge in [-0.15, -0.1) is 22.7 Å². The number of hydrogen-bond donors (Lipinski definition) is 0. The van der Waals surface area contributed by atoms with Crippen molar-refractivity contribution < 1.29 is 15.1 Å². The molecule has 2 aromatic heterocycles. The summed E-state index contributed by atoms with van der Waals surface area (Å²) < 4.78 is 0. The summed E-state index contributed by atoms with van der Waals surface area (Å²) in [6.45, 7) is 9.35. The van der Waals surface area contributed by atoms with E-state index >= 15 is 0 Å². The summed E-state index contributed by atoms with van der Waals surface area (Å²) in [5, 5.41) is 8.67. The number of hydrogen-bond acceptors (Lipinski definition) is 2. The number of benzene rings is 4. The van der Waals surface area contributed by atoms with Crippen LogP contribution in [-0.2, 0) is 15.1 Å². The van der Waals surface area contributed by atoms with Gasteiger partial charge in [0.15, 0.2) is 0 Å². The van der Waals surface area contributed by atoms with Crippen LogP contribution < -0.4 is 31.8 Å². The topological polar surface area (TPSA) is 0 Å². The molecule has 0 aliphatic heterocycles. The first kappa shape index (κ1) is 32.7. The molecule has 2 heterocycles. The fourth-order valence-electron chi connectivity index (χ4n) is 5.59. The molecule has 7 heteroatoms. The molecule has 6 rings (SSSR count). The average molecular weight is 763 g/mol. The van der Waals surface area contributed by atoms with Crippen LogP contribution in [0.1, 0.15) is 19.5 Å². The van der Waals surface area contributed by atoms with E-state index in [9.17, 15) is 0 Å². The Balaban J connectivity index is 0.00000118. The van der Waals surface area contributed by atoms with E-state index in [-0.39, 0.29) is 15.1 Å². The van der Waals surface area contributed by atoms with E-state index < -0.39 is 15.8 Å². The zero-order chi connectivity index (χ0) is 30.3. The molecule has 0 atom stereocenters. The third-order valence-electron chi connectivity index (χ3n) is 7.21. The third kappa shape index (κ3) is 7.27. The van der Waals surface area contributed by atoms with Crippen molar-refractivity contribution in [2.24, 2.45) is 0 Å². The van der Waals surface area contributed by atoms with E-state index in [4.69, 9.17) is 19.4 Å². The van der Waals surface area contributed by atoms with Crippen LogP contribution in [0.5, 0.6) is 0 Å². The van der Waals surface area contributed by atoms with Crippen molar-refractivity contribution in [1.82, 2.24) is 0 Å². The predicted molar refractivity (Wildman–Crippen MR) is 196 cm³/mol. The van der Waals surface area contributed by atoms with Gasteiger partial charge in [-0.3, -0.25) is 0 Å². The Labute approximate surface area is 282 Å². The van der Waals surface area contributed by atoms with Crippen molar-refractivity contribution >= 4 is 89.7 Å². The fraction of sp³-hybridized carbons (Fsp3) is 0.111. The van der Waals surface area contributed by atoms with E-state index in [1.165, 1.54) is 62.5 Å². The van der Waals surface area contributed by atoms with Crippen LogP contribution in [0.15, 0.2) is 121 Å². The predicted octanol–water partition coefficient (Wildman–Crippen LogP) is 9.60. The second kappa shape index (κ2) is 15.6. The summed E-state index contributed by atoms with van der Waals surface area (Å²) in [6.07, 6.45) is 0. The van der Waals surface area contributed by atoms with Gasteiger partial charge in [0.2, 0.25) is 0 Å². The van der Waals surface area contributed by atoms with Gasteiger partial charge < -0.3 is 0 Å². The van der Waals surface area contributed by atoms with Crippen LogP contribution in [0.3, 0.4) is 0 Å². The molecule has 0 spiro atoms. The third-order valence-corrected chi connectivity index (χ3v) is 14.8. The van der Waals surface area contributed by atoms with Gasteiger partial charge in [0.05, 0.1) is 0 Å². The van der Waals surface area contributed by atoms with Crippen LogP contribution in [0.25, 0.3) is 11.1 Å². The summed E-state index contributed by atoms with van der Waals surface area (Å²) in [5.74, 6) is 0. The molecule has 4 aromatic carbocycles. The molecule has 0 saturated carbocycles. The first-order valence-corrected chi connectivity index (χ1v) is 22.6. The molecule has 0 fully saturated rings. The SMILES string of the molecule is Cc1sc(C)c(P(c2ccccc2)c2ccccc2)c1-c1c(C)sc(C)c1P(c1ccccc1)c1ccccc1.[Cl][Ru][Cl]. The molecule has 0 amide bonds. The summed E-state index contributed by atoms with van der Waals surface area (Å²) >= 11 is 3.59. The second-order valence-corrected chi connectivity index (χ2v) is 19.7. The Morgan fingerprint density at radius 3 is 0.884 bits per heavy atom. The monoisotopic (exact) mass is 762 g/mol. The van der Waals surface area contributed by atoms with Crippen molar-refractivity contribution in [3.05, 3.63) is 141 Å². The molecule has 0 nitrogen and oxygen atoms in total. The maximum atomic E-state index is 4.85. The minimum absolute atomic E-state index is 0.346. The van der Waals surface area contributed by atoms with E-state index in [0.717, 1.165) is 0 Å². The summed E-state index contributed by atoms with van der Waals surface area (Å²) in [5.41, 5.74) is 2.94. The van der Waals surface area contributed by atoms with Crippen LogP contribution in [0.2, 0.25) is 0 Å². The Morgan fingerprint density at radius 2 is 0.651 bits per heavy atom. The number of rotatable bonds is 7. The average Bonchev–Trinajstić information content (AvgIpc) is 3.48. The number of thiophene rings is 2. The zero-order valence-electron chi connectivity index (χ0n) is 24.4. The van der Waals surface area contributed by atoms with Crippen molar-refractivity contribution in [3.8, 4) is 11.1 Å². The van der Waals surface area contributed by atoms with Gasteiger partial charge in [-0.2, -0.15) is 0 Å². The van der Waals surface area contributed by atoms with Crippen LogP contribution >= 0.6 is 57.9 Å². The van der Waals surface area contributed by atoms with Crippen molar-refractivity contribution in [1.29, 1.82) is 0 Å². The van der Waals surface area contributed by atoms with Crippen LogP contribution in [0.4, 0.5) is 0 Å². The Morgan fingerprint density at radius 1 is 0.419 bits per heavy atom. The van der Waals surface area contributed by atoms with Gasteiger partial charge in [-0.1, -0.05) is 121 Å². The van der Waals surface area contributed by atoms with Gasteiger partial charge in [-0.25, -0.2) is 0 Å². The van der Waals surface area contributed by atoms with Crippen LogP contribution in [-0.4, -0.2) is 0 Å². The van der Waals surface area contributed by atoms with Crippen molar-refractivity contribution in [3.63, 3.8) is 0 Å². The summed E-state index contributed by atoms with van der Waals surface area (Å²) in [7, 11) is 8.28. The molecule has 43 heavy (non-hydrogen) atoms. The molecular formula is C36H32Cl2P2RuS2. The first-order chi connectivity index (χ1) is 21.0. The van der Waals surface area contributed by atoms with Gasteiger partial charge in [0.25, 0.3) is 0 Å². The Hall–Kier alpha value is -1.66. The van der Waals surface area contributed by atoms with Gasteiger partial charge in [0.1, 0.15) is 0 Å². The van der Waals surface area contributed by atoms with E-state index in [1.807, 2.05) is 22.7 Å². The summed E-state index contributed by atoms with van der Waals surface area (Å²) in [6, 6.07) is 44.6. The quantitative estimate of drug-likeness (QED) is 0.112. The zero-order valence-corrected chi connectivity index (χ0v) is 31.0. The standard InChI is InChI=1S/C36H32P2S2.2ClH.Ru/c1-25-33(35(27(3)39-25)37(29-17-9-5-10-18-29)30-19-11-6-12-20-30)34-26(2)40-28(4)36(34)38(31-21-13-7-14-22-31)32-23-15-8-16-24-32;;;/h5-24H,1-4H3;2*1H;/q;;;+2/p-2. The molecule has 0 aliphatic carbocycles. The molecule has 6 aromatic rings. The minimum atomic E-state index is -0.711.